The summed E-state index contributed by atoms with van der Waals surface area (Å²) in [5.74, 6) is 0. The zero-order valence-corrected chi connectivity index (χ0v) is 11.1. The molecule has 2 aromatic heterocycles. The van der Waals surface area contributed by atoms with Crippen molar-refractivity contribution in [2.45, 2.75) is 33.4 Å². The van der Waals surface area contributed by atoms with Gasteiger partial charge in [-0.05, 0) is 13.8 Å². The molecule has 2 aromatic rings. The number of halogens is 3. The predicted molar refractivity (Wildman–Crippen MR) is 62.4 cm³/mol. The average Bonchev–Trinajstić information content (AvgIpc) is 2.29. The predicted octanol–water partition coefficient (Wildman–Crippen LogP) is 2.05. The Morgan fingerprint density at radius 2 is 1.79 bits per heavy atom. The number of aryl methyl sites for hydroxylation is 3. The van der Waals surface area contributed by atoms with Crippen molar-refractivity contribution in [2.75, 3.05) is 0 Å². The second kappa shape index (κ2) is 4.40. The van der Waals surface area contributed by atoms with Gasteiger partial charge in [-0.15, -0.1) is 0 Å². The lowest BCUT2D eigenvalue weighted by molar-refractivity contribution is -0.735. The van der Waals surface area contributed by atoms with Gasteiger partial charge in [0.05, 0.1) is 5.69 Å². The second-order valence-corrected chi connectivity index (χ2v) is 4.38. The van der Waals surface area contributed by atoms with Gasteiger partial charge in [-0.2, -0.15) is 13.2 Å². The molecule has 19 heavy (non-hydrogen) atoms. The third-order valence-corrected chi connectivity index (χ3v) is 3.08. The highest BCUT2D eigenvalue weighted by Crippen LogP contribution is 2.30. The average molecular weight is 271 g/mol. The van der Waals surface area contributed by atoms with Crippen LogP contribution in [-0.2, 0) is 19.6 Å². The third-order valence-electron chi connectivity index (χ3n) is 3.08. The number of hydrogen-bond acceptors (Lipinski definition) is 3. The number of fused-ring (bicyclic) bond motifs is 1. The van der Waals surface area contributed by atoms with E-state index in [9.17, 15) is 13.2 Å². The van der Waals surface area contributed by atoms with Crippen molar-refractivity contribution in [3.05, 3.63) is 22.6 Å². The zero-order valence-electron chi connectivity index (χ0n) is 11.1. The maximum atomic E-state index is 12.8. The van der Waals surface area contributed by atoms with Crippen molar-refractivity contribution in [1.82, 2.24) is 15.1 Å². The van der Waals surface area contributed by atoms with Gasteiger partial charge < -0.3 is 0 Å². The quantitative estimate of drug-likeness (QED) is 0.745. The molecule has 0 N–H and O–H groups in total. The molecule has 0 aliphatic heterocycles. The summed E-state index contributed by atoms with van der Waals surface area (Å²) < 4.78 is 39.9. The molecule has 7 heteroatoms. The topological polar surface area (TPSA) is 42.6 Å². The number of rotatable bonds is 1. The molecule has 0 spiro atoms. The zero-order chi connectivity index (χ0) is 14.4. The summed E-state index contributed by atoms with van der Waals surface area (Å²) in [4.78, 5) is 7.66. The minimum atomic E-state index is -4.51. The highest BCUT2D eigenvalue weighted by atomic mass is 19.4. The lowest BCUT2D eigenvalue weighted by atomic mass is 10.1. The van der Waals surface area contributed by atoms with Gasteiger partial charge in [0, 0.05) is 17.1 Å². The Kier molecular flexibility index (Phi) is 3.15. The van der Waals surface area contributed by atoms with Gasteiger partial charge in [-0.25, -0.2) is 9.97 Å². The Hall–Kier alpha value is -1.79. The first-order valence-electron chi connectivity index (χ1n) is 5.87. The molecular weight excluding hydrogens is 257 g/mol. The molecule has 102 valence electrons. The van der Waals surface area contributed by atoms with Crippen LogP contribution in [0, 0.1) is 13.8 Å². The van der Waals surface area contributed by atoms with Gasteiger partial charge in [-0.1, -0.05) is 11.6 Å². The number of nitrogens with zero attached hydrogens (tertiary/aromatic N) is 4. The van der Waals surface area contributed by atoms with Crippen molar-refractivity contribution in [2.24, 2.45) is 7.05 Å². The van der Waals surface area contributed by atoms with Gasteiger partial charge in [0.1, 0.15) is 5.52 Å². The first kappa shape index (κ1) is 13.6. The van der Waals surface area contributed by atoms with Crippen LogP contribution < -0.4 is 4.68 Å². The van der Waals surface area contributed by atoms with Crippen molar-refractivity contribution >= 4 is 11.2 Å². The Balaban J connectivity index is 2.83. The molecule has 0 saturated carbocycles. The van der Waals surface area contributed by atoms with Crippen LogP contribution in [0.15, 0.2) is 0 Å². The third kappa shape index (κ3) is 2.24. The van der Waals surface area contributed by atoms with E-state index in [2.05, 4.69) is 15.1 Å². The molecule has 0 radical (unpaired) electrons. The van der Waals surface area contributed by atoms with Crippen molar-refractivity contribution < 1.29 is 17.9 Å². The minimum Gasteiger partial charge on any atom is -0.247 e. The molecule has 2 heterocycles. The summed E-state index contributed by atoms with van der Waals surface area (Å²) in [6.07, 6.45) is -3.78. The molecule has 0 amide bonds. The van der Waals surface area contributed by atoms with E-state index in [-0.39, 0.29) is 11.3 Å². The minimum absolute atomic E-state index is 0.0233. The van der Waals surface area contributed by atoms with Gasteiger partial charge in [0.2, 0.25) is 11.3 Å². The SMILES string of the molecule is CCc1c(C)c2nc(C)c(C(F)(F)F)nc2n[n+]1C. The summed E-state index contributed by atoms with van der Waals surface area (Å²) in [5, 5.41) is 4.07. The molecule has 0 aliphatic carbocycles. The van der Waals surface area contributed by atoms with Crippen LogP contribution in [0.2, 0.25) is 0 Å². The van der Waals surface area contributed by atoms with Crippen LogP contribution in [-0.4, -0.2) is 15.1 Å². The van der Waals surface area contributed by atoms with E-state index in [4.69, 9.17) is 0 Å². The monoisotopic (exact) mass is 271 g/mol. The molecule has 0 bridgehead atoms. The van der Waals surface area contributed by atoms with Gasteiger partial charge >= 0.3 is 6.18 Å². The molecule has 0 atom stereocenters. The van der Waals surface area contributed by atoms with E-state index < -0.39 is 11.9 Å². The molecule has 0 aromatic carbocycles. The van der Waals surface area contributed by atoms with Gasteiger partial charge in [-0.3, -0.25) is 0 Å². The fourth-order valence-electron chi connectivity index (χ4n) is 2.18. The van der Waals surface area contributed by atoms with E-state index >= 15 is 0 Å². The highest BCUT2D eigenvalue weighted by molar-refractivity contribution is 5.73. The Bertz CT molecular complexity index is 650. The molecule has 0 saturated heterocycles. The smallest absolute Gasteiger partial charge is 0.247 e. The fraction of sp³-hybridized carbons (Fsp3) is 0.500. The summed E-state index contributed by atoms with van der Waals surface area (Å²) in [7, 11) is 1.69. The maximum Gasteiger partial charge on any atom is 0.435 e. The van der Waals surface area contributed by atoms with Gasteiger partial charge in [0.25, 0.3) is 0 Å². The Labute approximate surface area is 108 Å². The van der Waals surface area contributed by atoms with Crippen molar-refractivity contribution in [1.29, 1.82) is 0 Å². The molecule has 0 fully saturated rings. The Morgan fingerprint density at radius 1 is 1.16 bits per heavy atom. The van der Waals surface area contributed by atoms with Crippen molar-refractivity contribution in [3.8, 4) is 0 Å². The summed E-state index contributed by atoms with van der Waals surface area (Å²) >= 11 is 0. The van der Waals surface area contributed by atoms with Crippen LogP contribution in [0.4, 0.5) is 13.2 Å². The van der Waals surface area contributed by atoms with Crippen LogP contribution in [0.1, 0.15) is 29.6 Å². The maximum absolute atomic E-state index is 12.8. The lowest BCUT2D eigenvalue weighted by Crippen LogP contribution is -2.39. The van der Waals surface area contributed by atoms with E-state index in [1.54, 1.807) is 11.7 Å². The van der Waals surface area contributed by atoms with Crippen LogP contribution in [0.5, 0.6) is 0 Å². The van der Waals surface area contributed by atoms with Crippen LogP contribution >= 0.6 is 0 Å². The summed E-state index contributed by atoms with van der Waals surface area (Å²) in [5.41, 5.74) is 1.10. The second-order valence-electron chi connectivity index (χ2n) is 4.38. The molecular formula is C12H14F3N4+. The molecule has 4 nitrogen and oxygen atoms in total. The molecule has 0 aliphatic rings. The van der Waals surface area contributed by atoms with Gasteiger partial charge in [0.15, 0.2) is 12.7 Å². The summed E-state index contributed by atoms with van der Waals surface area (Å²) in [6, 6.07) is 0. The van der Waals surface area contributed by atoms with Crippen LogP contribution in [0.25, 0.3) is 11.2 Å². The number of aromatic nitrogens is 4. The lowest BCUT2D eigenvalue weighted by Gasteiger charge is -2.10. The number of alkyl halides is 3. The molecule has 0 unspecified atom stereocenters. The van der Waals surface area contributed by atoms with Crippen molar-refractivity contribution in [3.63, 3.8) is 0 Å². The standard InChI is InChI=1S/C12H14F3N4/c1-5-8-6(2)9-11(18-19(8)4)17-10(7(3)16-9)12(13,14)15/h5H2,1-4H3/q+1. The van der Waals surface area contributed by atoms with E-state index in [1.807, 2.05) is 13.8 Å². The molecule has 2 rings (SSSR count). The first-order valence-corrected chi connectivity index (χ1v) is 5.87. The largest absolute Gasteiger partial charge is 0.435 e. The fourth-order valence-corrected chi connectivity index (χ4v) is 2.18. The van der Waals surface area contributed by atoms with Crippen LogP contribution in [0.3, 0.4) is 0 Å². The van der Waals surface area contributed by atoms with E-state index in [0.717, 1.165) is 17.7 Å². The van der Waals surface area contributed by atoms with E-state index in [1.165, 1.54) is 6.92 Å². The van der Waals surface area contributed by atoms with E-state index in [0.29, 0.717) is 5.52 Å². The first-order chi connectivity index (χ1) is 8.75. The highest BCUT2D eigenvalue weighted by Gasteiger charge is 2.36. The normalized spacial score (nSPS) is 12.2. The number of hydrogen-bond donors (Lipinski definition) is 0. The Morgan fingerprint density at radius 3 is 2.32 bits per heavy atom. The summed E-state index contributed by atoms with van der Waals surface area (Å²) in [6.45, 7) is 5.10.